The van der Waals surface area contributed by atoms with Crippen LogP contribution in [0, 0.1) is 12.3 Å². The summed E-state index contributed by atoms with van der Waals surface area (Å²) in [5.41, 5.74) is 6.01. The number of para-hydroxylation sites is 2. The molecule has 0 saturated heterocycles. The molecule has 5 nitrogen and oxygen atoms in total. The largest absolute Gasteiger partial charge is 0.383 e. The summed E-state index contributed by atoms with van der Waals surface area (Å²) in [6.07, 6.45) is 0.799. The smallest absolute Gasteiger partial charge is 0.203 e. The van der Waals surface area contributed by atoms with E-state index in [1.807, 2.05) is 24.3 Å². The van der Waals surface area contributed by atoms with Crippen LogP contribution < -0.4 is 5.62 Å². The van der Waals surface area contributed by atoms with Crippen LogP contribution in [0.25, 0.3) is 21.3 Å². The molecule has 0 aliphatic heterocycles. The zero-order valence-corrected chi connectivity index (χ0v) is 21.0. The number of aryl methyl sites for hydroxylation is 1. The van der Waals surface area contributed by atoms with Crippen LogP contribution in [0.15, 0.2) is 71.2 Å². The Balaban J connectivity index is 1.58. The van der Waals surface area contributed by atoms with Gasteiger partial charge in [0.2, 0.25) is 5.62 Å². The van der Waals surface area contributed by atoms with Crippen LogP contribution in [0.4, 0.5) is 0 Å². The number of hydrogen-bond acceptors (Lipinski definition) is 4. The van der Waals surface area contributed by atoms with E-state index in [1.54, 1.807) is 18.4 Å². The average Bonchev–Trinajstić information content (AvgIpc) is 3.33. The van der Waals surface area contributed by atoms with Crippen molar-refractivity contribution in [2.75, 3.05) is 13.7 Å². The molecule has 2 aromatic heterocycles. The topological polar surface area (TPSA) is 55.8 Å². The summed E-state index contributed by atoms with van der Waals surface area (Å²) in [4.78, 5) is 4.83. The summed E-state index contributed by atoms with van der Waals surface area (Å²) in [7, 11) is 1.73. The molecule has 0 saturated carbocycles. The van der Waals surface area contributed by atoms with E-state index in [0.29, 0.717) is 18.8 Å². The van der Waals surface area contributed by atoms with Gasteiger partial charge in [0.25, 0.3) is 0 Å². The molecule has 0 spiro atoms. The van der Waals surface area contributed by atoms with Crippen LogP contribution in [0.1, 0.15) is 22.2 Å². The van der Waals surface area contributed by atoms with E-state index in [0.717, 1.165) is 37.2 Å². The number of nitrogens with zero attached hydrogens (tertiary/aromatic N) is 3. The maximum Gasteiger partial charge on any atom is 0.203 e. The van der Waals surface area contributed by atoms with Gasteiger partial charge in [0, 0.05) is 11.6 Å². The minimum atomic E-state index is 0.0164. The van der Waals surface area contributed by atoms with E-state index >= 15 is 0 Å². The highest BCUT2D eigenvalue weighted by Crippen LogP contribution is 2.27. The average molecular weight is 521 g/mol. The molecule has 33 heavy (non-hydrogen) atoms. The van der Waals surface area contributed by atoms with Gasteiger partial charge in [-0.15, -0.1) is 11.3 Å². The van der Waals surface area contributed by atoms with Crippen molar-refractivity contribution in [3.8, 4) is 0 Å². The molecule has 5 rings (SSSR count). The van der Waals surface area contributed by atoms with E-state index in [4.69, 9.17) is 15.1 Å². The molecule has 1 N–H and O–H groups in total. The Morgan fingerprint density at radius 1 is 1.06 bits per heavy atom. The Hall–Kier alpha value is -2.74. The number of halogens is 1. The Labute approximate surface area is 204 Å². The fourth-order valence-corrected chi connectivity index (χ4v) is 5.63. The van der Waals surface area contributed by atoms with Gasteiger partial charge in [0.1, 0.15) is 5.01 Å². The lowest BCUT2D eigenvalue weighted by Crippen LogP contribution is -2.31. The van der Waals surface area contributed by atoms with Crippen molar-refractivity contribution in [3.63, 3.8) is 0 Å². The van der Waals surface area contributed by atoms with E-state index in [-0.39, 0.29) is 6.04 Å². The molecular weight excluding hydrogens is 496 g/mol. The lowest BCUT2D eigenvalue weighted by atomic mass is 10.0. The van der Waals surface area contributed by atoms with Crippen molar-refractivity contribution in [1.82, 2.24) is 14.1 Å². The van der Waals surface area contributed by atoms with Gasteiger partial charge in [-0.25, -0.2) is 4.98 Å². The van der Waals surface area contributed by atoms with Crippen molar-refractivity contribution in [1.29, 1.82) is 5.41 Å². The summed E-state index contributed by atoms with van der Waals surface area (Å²) >= 11 is 5.21. The number of fused-ring (bicyclic) bond motifs is 2. The fraction of sp³-hybridized carbons (Fsp3) is 0.231. The quantitative estimate of drug-likeness (QED) is 0.282. The summed E-state index contributed by atoms with van der Waals surface area (Å²) in [5.74, 6) is 0. The van der Waals surface area contributed by atoms with Gasteiger partial charge in [-0.3, -0.25) is 5.41 Å². The lowest BCUT2D eigenvalue weighted by molar-refractivity contribution is 0.154. The number of imidazole rings is 1. The molecule has 1 unspecified atom stereocenters. The molecular formula is C26H25BrN4OS. The van der Waals surface area contributed by atoms with Gasteiger partial charge in [0.15, 0.2) is 0 Å². The molecule has 0 bridgehead atoms. The van der Waals surface area contributed by atoms with Crippen LogP contribution in [0.3, 0.4) is 0 Å². The Bertz CT molecular complexity index is 1480. The summed E-state index contributed by atoms with van der Waals surface area (Å²) < 4.78 is 12.0. The maximum atomic E-state index is 9.14. The van der Waals surface area contributed by atoms with Crippen molar-refractivity contribution in [2.24, 2.45) is 0 Å². The normalized spacial score (nSPS) is 12.6. The second-order valence-corrected chi connectivity index (χ2v) is 10.3. The second kappa shape index (κ2) is 9.25. The number of methoxy groups -OCH3 is 1. The first-order valence-corrected chi connectivity index (χ1v) is 12.5. The molecule has 5 aromatic rings. The first kappa shape index (κ1) is 22.1. The van der Waals surface area contributed by atoms with Gasteiger partial charge in [-0.2, -0.15) is 0 Å². The van der Waals surface area contributed by atoms with Gasteiger partial charge >= 0.3 is 0 Å². The summed E-state index contributed by atoms with van der Waals surface area (Å²) in [6.45, 7) is 3.20. The van der Waals surface area contributed by atoms with E-state index in [1.165, 1.54) is 11.1 Å². The van der Waals surface area contributed by atoms with Crippen molar-refractivity contribution in [3.05, 3.63) is 93.0 Å². The van der Waals surface area contributed by atoms with Gasteiger partial charge in [-0.05, 0) is 49.2 Å². The molecule has 2 heterocycles. The van der Waals surface area contributed by atoms with Crippen molar-refractivity contribution >= 4 is 48.5 Å². The molecule has 1 atom stereocenters. The lowest BCUT2D eigenvalue weighted by Gasteiger charge is -2.19. The zero-order chi connectivity index (χ0) is 22.9. The zero-order valence-electron chi connectivity index (χ0n) is 18.6. The fourth-order valence-electron chi connectivity index (χ4n) is 4.35. The van der Waals surface area contributed by atoms with E-state index in [2.05, 4.69) is 74.5 Å². The van der Waals surface area contributed by atoms with E-state index in [9.17, 15) is 0 Å². The molecule has 0 amide bonds. The highest BCUT2D eigenvalue weighted by atomic mass is 79.9. The van der Waals surface area contributed by atoms with Gasteiger partial charge in [-0.1, -0.05) is 57.9 Å². The van der Waals surface area contributed by atoms with Crippen LogP contribution in [-0.2, 0) is 17.7 Å². The minimum absolute atomic E-state index is 0.0164. The number of aromatic nitrogens is 3. The first-order chi connectivity index (χ1) is 16.0. The van der Waals surface area contributed by atoms with Crippen molar-refractivity contribution < 1.29 is 4.74 Å². The second-order valence-electron chi connectivity index (χ2n) is 8.29. The number of hydrogen-bond donors (Lipinski definition) is 1. The molecule has 0 aliphatic carbocycles. The minimum Gasteiger partial charge on any atom is -0.383 e. The molecule has 0 fully saturated rings. The number of nitrogens with one attached hydrogen (secondary N) is 1. The Kier molecular flexibility index (Phi) is 6.19. The van der Waals surface area contributed by atoms with Gasteiger partial charge in [0.05, 0.1) is 40.4 Å². The number of benzene rings is 3. The van der Waals surface area contributed by atoms with Crippen molar-refractivity contribution in [2.45, 2.75) is 25.9 Å². The third-order valence-corrected chi connectivity index (χ3v) is 7.43. The molecule has 0 aliphatic rings. The van der Waals surface area contributed by atoms with Crippen LogP contribution in [0.5, 0.6) is 0 Å². The molecule has 7 heteroatoms. The highest BCUT2D eigenvalue weighted by Gasteiger charge is 2.20. The molecule has 3 aromatic carbocycles. The first-order valence-electron chi connectivity index (χ1n) is 10.9. The van der Waals surface area contributed by atoms with Crippen LogP contribution in [-0.4, -0.2) is 27.8 Å². The summed E-state index contributed by atoms with van der Waals surface area (Å²) in [5, 5.41) is 10.1. The third kappa shape index (κ3) is 4.40. The SMILES string of the molecule is COCC(Cc1ccc(C)cc1)n1c(=N)n(Cc2nc3cc(Br)ccc3s2)c2ccccc21. The van der Waals surface area contributed by atoms with Gasteiger partial charge < -0.3 is 13.9 Å². The molecule has 168 valence electrons. The third-order valence-electron chi connectivity index (χ3n) is 5.92. The maximum absolute atomic E-state index is 9.14. The predicted molar refractivity (Wildman–Crippen MR) is 138 cm³/mol. The Morgan fingerprint density at radius 3 is 2.58 bits per heavy atom. The number of thiazole rings is 1. The molecule has 0 radical (unpaired) electrons. The predicted octanol–water partition coefficient (Wildman–Crippen LogP) is 6.08. The number of rotatable bonds is 7. The summed E-state index contributed by atoms with van der Waals surface area (Å²) in [6, 6.07) is 23.1. The highest BCUT2D eigenvalue weighted by molar-refractivity contribution is 9.10. The van der Waals surface area contributed by atoms with Crippen LogP contribution >= 0.6 is 27.3 Å². The Morgan fingerprint density at radius 2 is 1.82 bits per heavy atom. The van der Waals surface area contributed by atoms with E-state index < -0.39 is 0 Å². The monoisotopic (exact) mass is 520 g/mol. The number of ether oxygens (including phenoxy) is 1. The standard InChI is InChI=1S/C26H25BrN4OS/c1-17-7-9-18(10-8-17)13-20(16-32-2)31-23-6-4-3-5-22(23)30(26(31)28)15-25-29-21-14-19(27)11-12-24(21)33-25/h3-12,14,20,28H,13,15-16H2,1-2H3. The van der Waals surface area contributed by atoms with Crippen LogP contribution in [0.2, 0.25) is 0 Å².